The summed E-state index contributed by atoms with van der Waals surface area (Å²) in [7, 11) is 0. The van der Waals surface area contributed by atoms with Crippen LogP contribution in [0.1, 0.15) is 30.4 Å². The van der Waals surface area contributed by atoms with Gasteiger partial charge in [-0.15, -0.1) is 0 Å². The smallest absolute Gasteiger partial charge is 0.317 e. The van der Waals surface area contributed by atoms with E-state index in [9.17, 15) is 9.18 Å². The van der Waals surface area contributed by atoms with Crippen molar-refractivity contribution in [3.05, 3.63) is 35.1 Å². The number of carbonyl (C=O) groups is 1. The molecule has 1 saturated carbocycles. The predicted molar refractivity (Wildman–Crippen MR) is 82.0 cm³/mol. The van der Waals surface area contributed by atoms with Crippen molar-refractivity contribution in [2.45, 2.75) is 38.8 Å². The minimum Gasteiger partial charge on any atom is -0.381 e. The summed E-state index contributed by atoms with van der Waals surface area (Å²) >= 11 is 0. The molecule has 0 aromatic heterocycles. The van der Waals surface area contributed by atoms with Crippen molar-refractivity contribution in [3.63, 3.8) is 0 Å². The van der Waals surface area contributed by atoms with Gasteiger partial charge >= 0.3 is 6.03 Å². The molecule has 22 heavy (non-hydrogen) atoms. The highest BCUT2D eigenvalue weighted by molar-refractivity contribution is 5.75. The normalized spacial score (nSPS) is 20.9. The van der Waals surface area contributed by atoms with E-state index in [0.29, 0.717) is 24.1 Å². The molecule has 1 aromatic carbocycles. The van der Waals surface area contributed by atoms with Crippen molar-refractivity contribution in [2.75, 3.05) is 19.8 Å². The quantitative estimate of drug-likeness (QED) is 0.909. The predicted octanol–water partition coefficient (Wildman–Crippen LogP) is 2.84. The first-order valence-corrected chi connectivity index (χ1v) is 8.00. The molecular formula is C17H23FN2O2. The fraction of sp³-hybridized carbons (Fsp3) is 0.588. The molecule has 120 valence electrons. The molecule has 2 fully saturated rings. The molecule has 1 heterocycles. The lowest BCUT2D eigenvalue weighted by Gasteiger charge is -2.25. The van der Waals surface area contributed by atoms with E-state index in [0.717, 1.165) is 44.6 Å². The molecule has 4 nitrogen and oxygen atoms in total. The molecule has 1 atom stereocenters. The maximum atomic E-state index is 13.3. The van der Waals surface area contributed by atoms with E-state index in [1.807, 2.05) is 4.90 Å². The van der Waals surface area contributed by atoms with E-state index in [1.54, 1.807) is 19.1 Å². The van der Waals surface area contributed by atoms with Crippen LogP contribution in [0.3, 0.4) is 0 Å². The van der Waals surface area contributed by atoms with E-state index in [1.165, 1.54) is 6.07 Å². The van der Waals surface area contributed by atoms with E-state index >= 15 is 0 Å². The molecule has 0 spiro atoms. The van der Waals surface area contributed by atoms with Crippen molar-refractivity contribution in [3.8, 4) is 0 Å². The van der Waals surface area contributed by atoms with Crippen LogP contribution < -0.4 is 5.32 Å². The number of hydrogen-bond donors (Lipinski definition) is 1. The van der Waals surface area contributed by atoms with E-state index in [2.05, 4.69) is 5.32 Å². The average Bonchev–Trinajstić information content (AvgIpc) is 3.22. The lowest BCUT2D eigenvalue weighted by atomic mass is 10.1. The van der Waals surface area contributed by atoms with Crippen LogP contribution >= 0.6 is 0 Å². The fourth-order valence-corrected chi connectivity index (χ4v) is 2.89. The number of ether oxygens (including phenoxy) is 1. The first-order valence-electron chi connectivity index (χ1n) is 8.00. The molecule has 0 bridgehead atoms. The highest BCUT2D eigenvalue weighted by atomic mass is 19.1. The Labute approximate surface area is 130 Å². The first-order chi connectivity index (χ1) is 10.6. The highest BCUT2D eigenvalue weighted by Gasteiger charge is 2.34. The van der Waals surface area contributed by atoms with Crippen LogP contribution in [0, 0.1) is 18.7 Å². The molecule has 1 saturated heterocycles. The summed E-state index contributed by atoms with van der Waals surface area (Å²) < 4.78 is 18.7. The standard InChI is InChI=1S/C17H23FN2O2/c1-12-8-13(2-5-16(12)18)9-19-17(21)20(15-3-4-15)10-14-6-7-22-11-14/h2,5,8,14-15H,3-4,6-7,9-11H2,1H3,(H,19,21). The van der Waals surface area contributed by atoms with Gasteiger partial charge in [-0.05, 0) is 43.4 Å². The molecule has 0 radical (unpaired) electrons. The molecule has 1 N–H and O–H groups in total. The number of carbonyl (C=O) groups excluding carboxylic acids is 1. The summed E-state index contributed by atoms with van der Waals surface area (Å²) in [6.45, 7) is 4.51. The van der Waals surface area contributed by atoms with Gasteiger partial charge in [0, 0.05) is 31.7 Å². The lowest BCUT2D eigenvalue weighted by Crippen LogP contribution is -2.43. The van der Waals surface area contributed by atoms with Crippen molar-refractivity contribution < 1.29 is 13.9 Å². The van der Waals surface area contributed by atoms with E-state index < -0.39 is 0 Å². The van der Waals surface area contributed by atoms with Crippen LogP contribution in [-0.4, -0.2) is 36.7 Å². The minimum absolute atomic E-state index is 0.0172. The monoisotopic (exact) mass is 306 g/mol. The summed E-state index contributed by atoms with van der Waals surface area (Å²) in [5, 5.41) is 2.96. The van der Waals surface area contributed by atoms with Gasteiger partial charge in [0.25, 0.3) is 0 Å². The minimum atomic E-state index is -0.212. The number of rotatable bonds is 5. The van der Waals surface area contributed by atoms with Gasteiger partial charge < -0.3 is 15.0 Å². The maximum Gasteiger partial charge on any atom is 0.317 e. The summed E-state index contributed by atoms with van der Waals surface area (Å²) in [6.07, 6.45) is 3.22. The lowest BCUT2D eigenvalue weighted by molar-refractivity contribution is 0.162. The Hall–Kier alpha value is -1.62. The number of hydrogen-bond acceptors (Lipinski definition) is 2. The van der Waals surface area contributed by atoms with Gasteiger partial charge in [0.15, 0.2) is 0 Å². The summed E-state index contributed by atoms with van der Waals surface area (Å²) in [5.74, 6) is 0.246. The molecule has 2 amide bonds. The van der Waals surface area contributed by atoms with E-state index in [4.69, 9.17) is 4.74 Å². The Morgan fingerprint density at radius 1 is 1.41 bits per heavy atom. The molecule has 1 unspecified atom stereocenters. The van der Waals surface area contributed by atoms with Crippen molar-refractivity contribution in [1.29, 1.82) is 0 Å². The molecule has 1 aliphatic heterocycles. The number of amides is 2. The molecule has 2 aliphatic rings. The summed E-state index contributed by atoms with van der Waals surface area (Å²) in [5.41, 5.74) is 1.53. The molecule has 1 aromatic rings. The largest absolute Gasteiger partial charge is 0.381 e. The Kier molecular flexibility index (Phi) is 4.62. The summed E-state index contributed by atoms with van der Waals surface area (Å²) in [4.78, 5) is 14.4. The summed E-state index contributed by atoms with van der Waals surface area (Å²) in [6, 6.07) is 5.31. The molecule has 5 heteroatoms. The SMILES string of the molecule is Cc1cc(CNC(=O)N(CC2CCOC2)C2CC2)ccc1F. The van der Waals surface area contributed by atoms with Gasteiger partial charge in [0.05, 0.1) is 6.61 Å². The number of benzene rings is 1. The number of halogens is 1. The molecular weight excluding hydrogens is 283 g/mol. The van der Waals surface area contributed by atoms with Crippen molar-refractivity contribution in [1.82, 2.24) is 10.2 Å². The Balaban J connectivity index is 1.55. The number of nitrogens with zero attached hydrogens (tertiary/aromatic N) is 1. The van der Waals surface area contributed by atoms with Gasteiger partial charge in [-0.3, -0.25) is 0 Å². The Morgan fingerprint density at radius 2 is 2.23 bits per heavy atom. The third kappa shape index (κ3) is 3.77. The van der Waals surface area contributed by atoms with Gasteiger partial charge in [-0.1, -0.05) is 12.1 Å². The van der Waals surface area contributed by atoms with Crippen LogP contribution in [0.5, 0.6) is 0 Å². The number of urea groups is 1. The van der Waals surface area contributed by atoms with Gasteiger partial charge in [0.1, 0.15) is 5.82 Å². The van der Waals surface area contributed by atoms with E-state index in [-0.39, 0.29) is 11.8 Å². The van der Waals surface area contributed by atoms with Gasteiger partial charge in [0.2, 0.25) is 0 Å². The second-order valence-electron chi connectivity index (χ2n) is 6.36. The van der Waals surface area contributed by atoms with Crippen molar-refractivity contribution >= 4 is 6.03 Å². The third-order valence-electron chi connectivity index (χ3n) is 4.39. The van der Waals surface area contributed by atoms with Crippen molar-refractivity contribution in [2.24, 2.45) is 5.92 Å². The highest BCUT2D eigenvalue weighted by Crippen LogP contribution is 2.29. The van der Waals surface area contributed by atoms with Crippen LogP contribution in [-0.2, 0) is 11.3 Å². The van der Waals surface area contributed by atoms with Gasteiger partial charge in [-0.25, -0.2) is 9.18 Å². The second-order valence-corrected chi connectivity index (χ2v) is 6.36. The Bertz CT molecular complexity index is 539. The topological polar surface area (TPSA) is 41.6 Å². The number of nitrogens with one attached hydrogen (secondary N) is 1. The van der Waals surface area contributed by atoms with Crippen LogP contribution in [0.2, 0.25) is 0 Å². The average molecular weight is 306 g/mol. The molecule has 1 aliphatic carbocycles. The maximum absolute atomic E-state index is 13.3. The first kappa shape index (κ1) is 15.3. The van der Waals surface area contributed by atoms with Crippen LogP contribution in [0.4, 0.5) is 9.18 Å². The van der Waals surface area contributed by atoms with Crippen LogP contribution in [0.25, 0.3) is 0 Å². The zero-order valence-electron chi connectivity index (χ0n) is 13.0. The number of aryl methyl sites for hydroxylation is 1. The van der Waals surface area contributed by atoms with Crippen LogP contribution in [0.15, 0.2) is 18.2 Å². The second kappa shape index (κ2) is 6.65. The zero-order valence-corrected chi connectivity index (χ0v) is 13.0. The third-order valence-corrected chi connectivity index (χ3v) is 4.39. The zero-order chi connectivity index (χ0) is 15.5. The van der Waals surface area contributed by atoms with Gasteiger partial charge in [-0.2, -0.15) is 0 Å². The fourth-order valence-electron chi connectivity index (χ4n) is 2.89. The Morgan fingerprint density at radius 3 is 2.86 bits per heavy atom. The molecule has 3 rings (SSSR count).